The summed E-state index contributed by atoms with van der Waals surface area (Å²) in [6.45, 7) is 1.12. The molecule has 1 aromatic carbocycles. The molecule has 0 aliphatic rings. The number of carbonyl (C=O) groups excluding carboxylic acids is 1. The van der Waals surface area contributed by atoms with Gasteiger partial charge in [-0.2, -0.15) is 0 Å². The Hall–Kier alpha value is -3.00. The van der Waals surface area contributed by atoms with Gasteiger partial charge in [-0.25, -0.2) is 4.98 Å². The molecule has 0 fully saturated rings. The Morgan fingerprint density at radius 1 is 1.28 bits per heavy atom. The van der Waals surface area contributed by atoms with Crippen molar-refractivity contribution in [1.29, 1.82) is 0 Å². The Labute approximate surface area is 146 Å². The monoisotopic (exact) mass is 357 g/mol. The Kier molecular flexibility index (Phi) is 4.37. The van der Waals surface area contributed by atoms with E-state index in [2.05, 4.69) is 4.98 Å². The largest absolute Gasteiger partial charge is 0.480 e. The molecule has 0 saturated heterocycles. The van der Waals surface area contributed by atoms with E-state index in [4.69, 9.17) is 10.8 Å². The number of fused-ring (bicyclic) bond motifs is 1. The number of carboxylic acids is 1. The molecule has 0 spiro atoms. The predicted molar refractivity (Wildman–Crippen MR) is 94.0 cm³/mol. The van der Waals surface area contributed by atoms with E-state index < -0.39 is 24.0 Å². The van der Waals surface area contributed by atoms with Crippen LogP contribution in [0.3, 0.4) is 0 Å². The van der Waals surface area contributed by atoms with Gasteiger partial charge in [0.05, 0.1) is 10.3 Å². The highest BCUT2D eigenvalue weighted by atomic mass is 32.1. The summed E-state index contributed by atoms with van der Waals surface area (Å²) in [5, 5.41) is 9.40. The average Bonchev–Trinajstić information content (AvgIpc) is 2.89. The third-order valence-electron chi connectivity index (χ3n) is 3.85. The van der Waals surface area contributed by atoms with Crippen LogP contribution >= 0.6 is 11.3 Å². The van der Waals surface area contributed by atoms with Crippen LogP contribution in [0.15, 0.2) is 35.1 Å². The van der Waals surface area contributed by atoms with Crippen LogP contribution in [-0.2, 0) is 17.8 Å². The fourth-order valence-corrected chi connectivity index (χ4v) is 3.75. The van der Waals surface area contributed by atoms with Crippen LogP contribution in [0.4, 0.5) is 0 Å². The number of rotatable bonds is 5. The van der Waals surface area contributed by atoms with Crippen molar-refractivity contribution >= 4 is 33.4 Å². The first-order chi connectivity index (χ1) is 11.9. The molecule has 1 amide bonds. The van der Waals surface area contributed by atoms with Gasteiger partial charge >= 0.3 is 5.97 Å². The van der Waals surface area contributed by atoms with Gasteiger partial charge in [0, 0.05) is 6.42 Å². The molecule has 0 atom stereocenters. The summed E-state index contributed by atoms with van der Waals surface area (Å²) in [7, 11) is 0. The molecule has 7 nitrogen and oxygen atoms in total. The van der Waals surface area contributed by atoms with Gasteiger partial charge in [-0.3, -0.25) is 19.0 Å². The van der Waals surface area contributed by atoms with Gasteiger partial charge in [-0.15, -0.1) is 11.3 Å². The lowest BCUT2D eigenvalue weighted by atomic mass is 10.1. The second-order valence-electron chi connectivity index (χ2n) is 5.58. The zero-order chi connectivity index (χ0) is 18.1. The summed E-state index contributed by atoms with van der Waals surface area (Å²) in [6, 6.07) is 9.32. The second-order valence-corrected chi connectivity index (χ2v) is 6.58. The number of benzene rings is 1. The van der Waals surface area contributed by atoms with Crippen molar-refractivity contribution in [2.75, 3.05) is 0 Å². The van der Waals surface area contributed by atoms with Gasteiger partial charge in [0.15, 0.2) is 0 Å². The van der Waals surface area contributed by atoms with Crippen LogP contribution in [0.2, 0.25) is 0 Å². The molecule has 0 unspecified atom stereocenters. The van der Waals surface area contributed by atoms with E-state index in [-0.39, 0.29) is 10.3 Å². The predicted octanol–water partition coefficient (Wildman–Crippen LogP) is 1.54. The molecule has 0 aliphatic carbocycles. The van der Waals surface area contributed by atoms with Gasteiger partial charge in [0.2, 0.25) is 0 Å². The molecule has 2 aromatic heterocycles. The van der Waals surface area contributed by atoms with E-state index >= 15 is 0 Å². The van der Waals surface area contributed by atoms with Crippen LogP contribution in [0.25, 0.3) is 10.2 Å². The molecule has 3 rings (SSSR count). The number of carboxylic acid groups (broad SMARTS) is 1. The highest BCUT2D eigenvalue weighted by Gasteiger charge is 2.21. The number of hydrogen-bond acceptors (Lipinski definition) is 5. The van der Waals surface area contributed by atoms with Crippen LogP contribution in [0.5, 0.6) is 0 Å². The smallest absolute Gasteiger partial charge is 0.323 e. The molecular weight excluding hydrogens is 342 g/mol. The van der Waals surface area contributed by atoms with Gasteiger partial charge in [0.25, 0.3) is 11.5 Å². The number of carbonyl (C=O) groups is 2. The van der Waals surface area contributed by atoms with Crippen LogP contribution in [0.1, 0.15) is 26.6 Å². The summed E-state index contributed by atoms with van der Waals surface area (Å²) in [4.78, 5) is 40.7. The number of aliphatic carboxylic acids is 1. The highest BCUT2D eigenvalue weighted by molar-refractivity contribution is 7.20. The Bertz CT molecular complexity index is 1040. The lowest BCUT2D eigenvalue weighted by Gasteiger charge is -2.10. The zero-order valence-corrected chi connectivity index (χ0v) is 14.2. The number of amides is 1. The first-order valence-corrected chi connectivity index (χ1v) is 8.28. The fourth-order valence-electron chi connectivity index (χ4n) is 2.71. The molecule has 0 radical (unpaired) electrons. The number of aromatic nitrogens is 2. The van der Waals surface area contributed by atoms with Crippen molar-refractivity contribution in [2.24, 2.45) is 5.73 Å². The topological polar surface area (TPSA) is 115 Å². The van der Waals surface area contributed by atoms with E-state index in [0.717, 1.165) is 21.5 Å². The van der Waals surface area contributed by atoms with Crippen LogP contribution in [-0.4, -0.2) is 26.5 Å². The molecule has 0 bridgehead atoms. The summed E-state index contributed by atoms with van der Waals surface area (Å²) in [5.74, 6) is -1.43. The molecule has 0 aliphatic heterocycles. The van der Waals surface area contributed by atoms with E-state index in [1.54, 1.807) is 6.92 Å². The summed E-state index contributed by atoms with van der Waals surface area (Å²) in [5.41, 5.74) is 6.22. The van der Waals surface area contributed by atoms with Gasteiger partial charge in [-0.1, -0.05) is 30.3 Å². The maximum absolute atomic E-state index is 12.8. The molecular formula is C17H15N3O4S. The first kappa shape index (κ1) is 16.8. The van der Waals surface area contributed by atoms with E-state index in [9.17, 15) is 14.4 Å². The number of nitrogens with zero attached hydrogens (tertiary/aromatic N) is 2. The molecule has 3 N–H and O–H groups in total. The fraction of sp³-hybridized carbons (Fsp3) is 0.176. The standard InChI is InChI=1S/C17H15N3O4S/c1-9-13-16(25-14(9)15(18)23)19-11(7-10-5-3-2-4-6-10)20(17(13)24)8-12(21)22/h2-6H,7-8H2,1H3,(H2,18,23)(H,21,22). The summed E-state index contributed by atoms with van der Waals surface area (Å²) in [6.07, 6.45) is 0.308. The number of thiophene rings is 1. The maximum Gasteiger partial charge on any atom is 0.323 e. The molecule has 3 aromatic rings. The van der Waals surface area contributed by atoms with Crippen molar-refractivity contribution in [2.45, 2.75) is 19.9 Å². The Balaban J connectivity index is 2.25. The highest BCUT2D eigenvalue weighted by Crippen LogP contribution is 2.27. The van der Waals surface area contributed by atoms with E-state index in [1.165, 1.54) is 0 Å². The third kappa shape index (κ3) is 3.16. The van der Waals surface area contributed by atoms with Gasteiger partial charge in [0.1, 0.15) is 17.2 Å². The van der Waals surface area contributed by atoms with Crippen molar-refractivity contribution in [3.8, 4) is 0 Å². The van der Waals surface area contributed by atoms with Crippen molar-refractivity contribution in [1.82, 2.24) is 9.55 Å². The van der Waals surface area contributed by atoms with E-state index in [0.29, 0.717) is 22.6 Å². The molecule has 25 heavy (non-hydrogen) atoms. The minimum atomic E-state index is -1.14. The molecule has 0 saturated carbocycles. The van der Waals surface area contributed by atoms with Gasteiger partial charge in [-0.05, 0) is 18.1 Å². The number of nitrogens with two attached hydrogens (primary N) is 1. The van der Waals surface area contributed by atoms with Crippen molar-refractivity contribution < 1.29 is 14.7 Å². The van der Waals surface area contributed by atoms with Crippen LogP contribution < -0.4 is 11.3 Å². The van der Waals surface area contributed by atoms with Crippen molar-refractivity contribution in [3.63, 3.8) is 0 Å². The summed E-state index contributed by atoms with van der Waals surface area (Å²) >= 11 is 1.05. The molecule has 128 valence electrons. The minimum Gasteiger partial charge on any atom is -0.480 e. The normalized spacial score (nSPS) is 10.9. The lowest BCUT2D eigenvalue weighted by molar-refractivity contribution is -0.137. The van der Waals surface area contributed by atoms with Crippen molar-refractivity contribution in [3.05, 3.63) is 62.5 Å². The number of primary amides is 1. The third-order valence-corrected chi connectivity index (χ3v) is 5.05. The first-order valence-electron chi connectivity index (χ1n) is 7.46. The summed E-state index contributed by atoms with van der Waals surface area (Å²) < 4.78 is 1.14. The molecule has 2 heterocycles. The van der Waals surface area contributed by atoms with E-state index in [1.807, 2.05) is 30.3 Å². The SMILES string of the molecule is Cc1c(C(N)=O)sc2nc(Cc3ccccc3)n(CC(=O)O)c(=O)c12. The van der Waals surface area contributed by atoms with Crippen LogP contribution in [0, 0.1) is 6.92 Å². The minimum absolute atomic E-state index is 0.247. The lowest BCUT2D eigenvalue weighted by Crippen LogP contribution is -2.28. The average molecular weight is 357 g/mol. The Morgan fingerprint density at radius 2 is 1.96 bits per heavy atom. The quantitative estimate of drug-likeness (QED) is 0.719. The Morgan fingerprint density at radius 3 is 2.56 bits per heavy atom. The van der Waals surface area contributed by atoms with Gasteiger partial charge < -0.3 is 10.8 Å². The number of hydrogen-bond donors (Lipinski definition) is 2. The number of aryl methyl sites for hydroxylation is 1. The maximum atomic E-state index is 12.8. The zero-order valence-electron chi connectivity index (χ0n) is 13.4. The molecule has 8 heteroatoms. The second kappa shape index (κ2) is 6.48.